The summed E-state index contributed by atoms with van der Waals surface area (Å²) in [6.45, 7) is 0. The molecule has 0 bridgehead atoms. The highest BCUT2D eigenvalue weighted by molar-refractivity contribution is 6.29. The summed E-state index contributed by atoms with van der Waals surface area (Å²) in [6, 6.07) is 0. The van der Waals surface area contributed by atoms with Gasteiger partial charge in [-0.15, -0.1) is 23.2 Å². The molecule has 1 nitrogen and oxygen atoms in total. The van der Waals surface area contributed by atoms with Crippen molar-refractivity contribution in [1.29, 1.82) is 0 Å². The van der Waals surface area contributed by atoms with Crippen LogP contribution in [0, 0.1) is 0 Å². The third-order valence-electron chi connectivity index (χ3n) is 0.665. The summed E-state index contributed by atoms with van der Waals surface area (Å²) < 4.78 is 23.8. The van der Waals surface area contributed by atoms with Crippen molar-refractivity contribution in [3.63, 3.8) is 0 Å². The zero-order chi connectivity index (χ0) is 7.49. The second-order valence-corrected chi connectivity index (χ2v) is 2.18. The average Bonchev–Trinajstić information content (AvgIpc) is 1.86. The molecule has 1 radical (unpaired) electrons. The van der Waals surface area contributed by atoms with Crippen LogP contribution in [0.25, 0.3) is 0 Å². The zero-order valence-electron chi connectivity index (χ0n) is 4.20. The molecule has 0 fully saturated rings. The fraction of sp³-hybridized carbons (Fsp3) is 0.750. The maximum absolute atomic E-state index is 11.9. The SMILES string of the molecule is O=[C]C(F)(F)C(Cl)CCl. The van der Waals surface area contributed by atoms with E-state index < -0.39 is 17.2 Å². The van der Waals surface area contributed by atoms with Crippen LogP contribution in [0.3, 0.4) is 0 Å². The predicted octanol–water partition coefficient (Wildman–Crippen LogP) is 1.58. The van der Waals surface area contributed by atoms with Crippen molar-refractivity contribution in [3.05, 3.63) is 0 Å². The Balaban J connectivity index is 3.95. The van der Waals surface area contributed by atoms with Crippen molar-refractivity contribution in [1.82, 2.24) is 0 Å². The standard InChI is InChI=1S/C4H3Cl2F2O/c5-1-3(6)4(7,8)2-9/h3H,1H2. The second-order valence-electron chi connectivity index (χ2n) is 1.35. The van der Waals surface area contributed by atoms with Gasteiger partial charge in [0.05, 0.1) is 0 Å². The molecule has 0 aromatic carbocycles. The molecular weight excluding hydrogens is 173 g/mol. The molecule has 0 aromatic rings. The summed E-state index contributed by atoms with van der Waals surface area (Å²) in [5.74, 6) is -4.09. The molecule has 5 heteroatoms. The van der Waals surface area contributed by atoms with Crippen molar-refractivity contribution in [2.75, 3.05) is 5.88 Å². The van der Waals surface area contributed by atoms with E-state index in [0.717, 1.165) is 0 Å². The van der Waals surface area contributed by atoms with Crippen LogP contribution < -0.4 is 0 Å². The van der Waals surface area contributed by atoms with Gasteiger partial charge in [-0.05, 0) is 0 Å². The minimum absolute atomic E-state index is 0.468. The summed E-state index contributed by atoms with van der Waals surface area (Å²) in [6.07, 6.45) is 0.492. The van der Waals surface area contributed by atoms with E-state index in [1.165, 1.54) is 0 Å². The van der Waals surface area contributed by atoms with Crippen LogP contribution >= 0.6 is 23.2 Å². The minimum Gasteiger partial charge on any atom is -0.284 e. The lowest BCUT2D eigenvalue weighted by Crippen LogP contribution is -2.31. The predicted molar refractivity (Wildman–Crippen MR) is 31.0 cm³/mol. The number of hydrogen-bond donors (Lipinski definition) is 0. The summed E-state index contributed by atoms with van der Waals surface area (Å²) in [7, 11) is 0. The number of hydrogen-bond acceptors (Lipinski definition) is 1. The molecule has 1 atom stereocenters. The van der Waals surface area contributed by atoms with Gasteiger partial charge in [0.2, 0.25) is 0 Å². The molecule has 0 aliphatic carbocycles. The Kier molecular flexibility index (Phi) is 3.36. The molecule has 0 saturated carbocycles. The number of halogens is 4. The number of alkyl halides is 4. The Morgan fingerprint density at radius 3 is 2.22 bits per heavy atom. The van der Waals surface area contributed by atoms with Crippen LogP contribution in [0.1, 0.15) is 0 Å². The van der Waals surface area contributed by atoms with Crippen molar-refractivity contribution < 1.29 is 13.6 Å². The highest BCUT2D eigenvalue weighted by Gasteiger charge is 2.38. The van der Waals surface area contributed by atoms with Crippen LogP contribution in [0.5, 0.6) is 0 Å². The van der Waals surface area contributed by atoms with Gasteiger partial charge in [-0.3, -0.25) is 4.79 Å². The lowest BCUT2D eigenvalue weighted by atomic mass is 10.3. The van der Waals surface area contributed by atoms with Crippen LogP contribution in [0.4, 0.5) is 8.78 Å². The first-order chi connectivity index (χ1) is 4.04. The zero-order valence-corrected chi connectivity index (χ0v) is 5.72. The van der Waals surface area contributed by atoms with Gasteiger partial charge in [-0.2, -0.15) is 8.78 Å². The van der Waals surface area contributed by atoms with Gasteiger partial charge in [-0.25, -0.2) is 0 Å². The Hall–Kier alpha value is 0.110. The van der Waals surface area contributed by atoms with Gasteiger partial charge in [0, 0.05) is 5.88 Å². The molecule has 0 N–H and O–H groups in total. The normalized spacial score (nSPS) is 15.1. The minimum atomic E-state index is -3.62. The van der Waals surface area contributed by atoms with Gasteiger partial charge >= 0.3 is 5.92 Å². The van der Waals surface area contributed by atoms with Crippen LogP contribution in [0.15, 0.2) is 0 Å². The van der Waals surface area contributed by atoms with E-state index in [9.17, 15) is 13.6 Å². The maximum atomic E-state index is 11.9. The molecule has 0 aliphatic rings. The third-order valence-corrected chi connectivity index (χ3v) is 1.56. The quantitative estimate of drug-likeness (QED) is 0.596. The highest BCUT2D eigenvalue weighted by atomic mass is 35.5. The van der Waals surface area contributed by atoms with Crippen molar-refractivity contribution in [2.24, 2.45) is 0 Å². The molecule has 53 valence electrons. The van der Waals surface area contributed by atoms with Gasteiger partial charge in [-0.1, -0.05) is 0 Å². The van der Waals surface area contributed by atoms with E-state index in [4.69, 9.17) is 23.2 Å². The van der Waals surface area contributed by atoms with Gasteiger partial charge in [0.25, 0.3) is 6.29 Å². The maximum Gasteiger partial charge on any atom is 0.330 e. The smallest absolute Gasteiger partial charge is 0.284 e. The Morgan fingerprint density at radius 1 is 1.67 bits per heavy atom. The molecule has 0 aliphatic heterocycles. The lowest BCUT2D eigenvalue weighted by molar-refractivity contribution is 0.0752. The third kappa shape index (κ3) is 2.45. The number of rotatable bonds is 3. The van der Waals surface area contributed by atoms with E-state index in [0.29, 0.717) is 6.29 Å². The molecular formula is C4H3Cl2F2O. The molecule has 0 heterocycles. The highest BCUT2D eigenvalue weighted by Crippen LogP contribution is 2.21. The monoisotopic (exact) mass is 175 g/mol. The largest absolute Gasteiger partial charge is 0.330 e. The molecule has 0 aromatic heterocycles. The first kappa shape index (κ1) is 9.11. The Labute approximate surface area is 60.9 Å². The molecule has 1 unspecified atom stereocenters. The van der Waals surface area contributed by atoms with Crippen LogP contribution in [-0.2, 0) is 4.79 Å². The van der Waals surface area contributed by atoms with Gasteiger partial charge < -0.3 is 0 Å². The average molecular weight is 176 g/mol. The molecule has 0 amide bonds. The van der Waals surface area contributed by atoms with Crippen molar-refractivity contribution >= 4 is 29.5 Å². The Morgan fingerprint density at radius 2 is 2.11 bits per heavy atom. The topological polar surface area (TPSA) is 17.1 Å². The molecule has 0 spiro atoms. The summed E-state index contributed by atoms with van der Waals surface area (Å²) in [5, 5.41) is -1.66. The van der Waals surface area contributed by atoms with E-state index in [-0.39, 0.29) is 0 Å². The summed E-state index contributed by atoms with van der Waals surface area (Å²) in [5.41, 5.74) is 0. The fourth-order valence-corrected chi connectivity index (χ4v) is 0.399. The van der Waals surface area contributed by atoms with E-state index in [1.807, 2.05) is 0 Å². The molecule has 0 saturated heterocycles. The second kappa shape index (κ2) is 3.32. The molecule has 9 heavy (non-hydrogen) atoms. The summed E-state index contributed by atoms with van der Waals surface area (Å²) in [4.78, 5) is 9.41. The van der Waals surface area contributed by atoms with Gasteiger partial charge in [0.1, 0.15) is 5.38 Å². The number of carbonyl (C=O) groups excluding carboxylic acids is 1. The van der Waals surface area contributed by atoms with Crippen LogP contribution in [0.2, 0.25) is 0 Å². The fourth-order valence-electron chi connectivity index (χ4n) is 0.161. The van der Waals surface area contributed by atoms with E-state index in [2.05, 4.69) is 0 Å². The van der Waals surface area contributed by atoms with Gasteiger partial charge in [0.15, 0.2) is 0 Å². The first-order valence-corrected chi connectivity index (χ1v) is 2.99. The Bertz CT molecular complexity index is 107. The van der Waals surface area contributed by atoms with E-state index >= 15 is 0 Å². The summed E-state index contributed by atoms with van der Waals surface area (Å²) >= 11 is 9.84. The lowest BCUT2D eigenvalue weighted by Gasteiger charge is -2.10. The first-order valence-electron chi connectivity index (χ1n) is 2.01. The van der Waals surface area contributed by atoms with Crippen molar-refractivity contribution in [2.45, 2.75) is 11.3 Å². The van der Waals surface area contributed by atoms with Crippen LogP contribution in [-0.4, -0.2) is 23.5 Å². The van der Waals surface area contributed by atoms with E-state index in [1.54, 1.807) is 0 Å². The molecule has 0 rings (SSSR count). The van der Waals surface area contributed by atoms with Crippen molar-refractivity contribution in [3.8, 4) is 0 Å².